The summed E-state index contributed by atoms with van der Waals surface area (Å²) in [7, 11) is 0. The Labute approximate surface area is 310 Å². The van der Waals surface area contributed by atoms with Crippen LogP contribution in [0.25, 0.3) is 85.9 Å². The molecule has 0 aliphatic carbocycles. The standard InChI is InChI=1S/C50H31NOS/c1-2-13-37-32(11-1)12-9-18-38(37)33-23-27-35(28-24-33)51(44-19-10-21-46-50(44)41-16-5-7-20-45(41)52-46)36-29-25-34(26-30-36)43-31-48-49(40-15-4-3-14-39(40)43)42-17-6-8-22-47(42)53-48/h1-31H. The third kappa shape index (κ3) is 4.78. The molecule has 11 aromatic rings. The lowest BCUT2D eigenvalue weighted by Gasteiger charge is -2.27. The number of hydrogen-bond acceptors (Lipinski definition) is 3. The fourth-order valence-electron chi connectivity index (χ4n) is 8.25. The van der Waals surface area contributed by atoms with E-state index in [0.29, 0.717) is 0 Å². The highest BCUT2D eigenvalue weighted by molar-refractivity contribution is 7.26. The second kappa shape index (κ2) is 11.9. The summed E-state index contributed by atoms with van der Waals surface area (Å²) in [6.45, 7) is 0. The van der Waals surface area contributed by atoms with E-state index in [4.69, 9.17) is 4.42 Å². The van der Waals surface area contributed by atoms with E-state index < -0.39 is 0 Å². The number of thiophene rings is 1. The molecule has 0 bridgehead atoms. The SMILES string of the molecule is c1ccc2c(-c3ccc(N(c4ccc(-c5cc6sc7ccccc7c6c6ccccc56)cc4)c4cccc5oc6ccccc6c45)cc3)cccc2c1. The second-order valence-corrected chi connectivity index (χ2v) is 14.7. The van der Waals surface area contributed by atoms with E-state index in [1.807, 2.05) is 17.4 Å². The predicted octanol–water partition coefficient (Wildman–Crippen LogP) is 15.1. The minimum Gasteiger partial charge on any atom is -0.456 e. The molecule has 11 rings (SSSR count). The van der Waals surface area contributed by atoms with Gasteiger partial charge in [0.25, 0.3) is 0 Å². The number of rotatable bonds is 5. The lowest BCUT2D eigenvalue weighted by molar-refractivity contribution is 0.669. The van der Waals surface area contributed by atoms with Gasteiger partial charge in [0.2, 0.25) is 0 Å². The van der Waals surface area contributed by atoms with E-state index in [9.17, 15) is 0 Å². The minimum atomic E-state index is 0.876. The van der Waals surface area contributed by atoms with Crippen LogP contribution in [0.15, 0.2) is 192 Å². The van der Waals surface area contributed by atoms with Crippen molar-refractivity contribution >= 4 is 92.1 Å². The zero-order valence-corrected chi connectivity index (χ0v) is 29.5. The Hall–Kier alpha value is -6.68. The Morgan fingerprint density at radius 2 is 0.962 bits per heavy atom. The van der Waals surface area contributed by atoms with Crippen LogP contribution in [0.5, 0.6) is 0 Å². The van der Waals surface area contributed by atoms with Gasteiger partial charge in [0.05, 0.1) is 11.1 Å². The molecule has 2 nitrogen and oxygen atoms in total. The summed E-state index contributed by atoms with van der Waals surface area (Å²) in [6, 6.07) is 67.9. The van der Waals surface area contributed by atoms with Crippen molar-refractivity contribution in [3.8, 4) is 22.3 Å². The lowest BCUT2D eigenvalue weighted by atomic mass is 9.95. The van der Waals surface area contributed by atoms with Crippen LogP contribution in [0, 0.1) is 0 Å². The third-order valence-corrected chi connectivity index (χ3v) is 11.8. The number of hydrogen-bond donors (Lipinski definition) is 0. The van der Waals surface area contributed by atoms with Crippen molar-refractivity contribution in [1.82, 2.24) is 0 Å². The van der Waals surface area contributed by atoms with Crippen molar-refractivity contribution in [3.63, 3.8) is 0 Å². The number of nitrogens with zero attached hydrogens (tertiary/aromatic N) is 1. The molecular weight excluding hydrogens is 663 g/mol. The molecule has 3 heteroatoms. The maximum atomic E-state index is 6.38. The summed E-state index contributed by atoms with van der Waals surface area (Å²) < 4.78 is 9.02. The maximum absolute atomic E-state index is 6.38. The zero-order chi connectivity index (χ0) is 34.9. The molecule has 0 aliphatic heterocycles. The molecule has 53 heavy (non-hydrogen) atoms. The fourth-order valence-corrected chi connectivity index (χ4v) is 9.42. The van der Waals surface area contributed by atoms with Gasteiger partial charge in [-0.15, -0.1) is 11.3 Å². The molecule has 0 N–H and O–H groups in total. The molecule has 248 valence electrons. The van der Waals surface area contributed by atoms with Crippen LogP contribution in [-0.4, -0.2) is 0 Å². The molecule has 0 unspecified atom stereocenters. The molecule has 0 saturated carbocycles. The summed E-state index contributed by atoms with van der Waals surface area (Å²) in [5, 5.41) is 9.95. The summed E-state index contributed by atoms with van der Waals surface area (Å²) in [4.78, 5) is 2.37. The first-order chi connectivity index (χ1) is 26.3. The summed E-state index contributed by atoms with van der Waals surface area (Å²) in [6.07, 6.45) is 0. The maximum Gasteiger partial charge on any atom is 0.137 e. The molecule has 2 aromatic heterocycles. The third-order valence-electron chi connectivity index (χ3n) is 10.7. The van der Waals surface area contributed by atoms with E-state index >= 15 is 0 Å². The van der Waals surface area contributed by atoms with Crippen molar-refractivity contribution in [2.75, 3.05) is 4.90 Å². The first-order valence-corrected chi connectivity index (χ1v) is 18.8. The highest BCUT2D eigenvalue weighted by atomic mass is 32.1. The fraction of sp³-hybridized carbons (Fsp3) is 0. The number of benzene rings is 9. The number of furan rings is 1. The Morgan fingerprint density at radius 1 is 0.377 bits per heavy atom. The van der Waals surface area contributed by atoms with Crippen LogP contribution >= 0.6 is 11.3 Å². The van der Waals surface area contributed by atoms with E-state index in [0.717, 1.165) is 39.0 Å². The molecular formula is C50H31NOS. The zero-order valence-electron chi connectivity index (χ0n) is 28.7. The van der Waals surface area contributed by atoms with Crippen LogP contribution < -0.4 is 4.90 Å². The average molecular weight is 694 g/mol. The van der Waals surface area contributed by atoms with Crippen LogP contribution in [0.3, 0.4) is 0 Å². The molecule has 0 aliphatic rings. The van der Waals surface area contributed by atoms with Crippen LogP contribution in [-0.2, 0) is 0 Å². The minimum absolute atomic E-state index is 0.876. The highest BCUT2D eigenvalue weighted by Gasteiger charge is 2.20. The van der Waals surface area contributed by atoms with Crippen LogP contribution in [0.1, 0.15) is 0 Å². The number of para-hydroxylation sites is 1. The molecule has 2 heterocycles. The molecule has 9 aromatic carbocycles. The largest absolute Gasteiger partial charge is 0.456 e. The molecule has 0 radical (unpaired) electrons. The van der Waals surface area contributed by atoms with Crippen LogP contribution in [0.2, 0.25) is 0 Å². The number of fused-ring (bicyclic) bond motifs is 9. The molecule has 0 spiro atoms. The van der Waals surface area contributed by atoms with Gasteiger partial charge in [-0.1, -0.05) is 133 Å². The van der Waals surface area contributed by atoms with Crippen LogP contribution in [0.4, 0.5) is 17.1 Å². The quantitative estimate of drug-likeness (QED) is 0.178. The molecule has 0 saturated heterocycles. The molecule has 0 amide bonds. The molecule has 0 atom stereocenters. The van der Waals surface area contributed by atoms with Gasteiger partial charge in [0.15, 0.2) is 0 Å². The number of anilines is 3. The van der Waals surface area contributed by atoms with Gasteiger partial charge in [-0.25, -0.2) is 0 Å². The Bertz CT molecular complexity index is 3160. The van der Waals surface area contributed by atoms with Gasteiger partial charge < -0.3 is 9.32 Å². The predicted molar refractivity (Wildman–Crippen MR) is 227 cm³/mol. The van der Waals surface area contributed by atoms with Gasteiger partial charge in [0.1, 0.15) is 11.2 Å². The Morgan fingerprint density at radius 3 is 1.75 bits per heavy atom. The van der Waals surface area contributed by atoms with Gasteiger partial charge in [-0.2, -0.15) is 0 Å². The van der Waals surface area contributed by atoms with E-state index in [-0.39, 0.29) is 0 Å². The normalized spacial score (nSPS) is 11.8. The van der Waals surface area contributed by atoms with Crippen molar-refractivity contribution in [1.29, 1.82) is 0 Å². The van der Waals surface area contributed by atoms with Gasteiger partial charge in [-0.05, 0) is 98.4 Å². The van der Waals surface area contributed by atoms with Crippen molar-refractivity contribution < 1.29 is 4.42 Å². The summed E-state index contributed by atoms with van der Waals surface area (Å²) in [5.41, 5.74) is 9.87. The average Bonchev–Trinajstić information content (AvgIpc) is 3.80. The Kier molecular flexibility index (Phi) is 6.76. The second-order valence-electron chi connectivity index (χ2n) is 13.6. The summed E-state index contributed by atoms with van der Waals surface area (Å²) in [5.74, 6) is 0. The van der Waals surface area contributed by atoms with E-state index in [2.05, 4.69) is 187 Å². The smallest absolute Gasteiger partial charge is 0.137 e. The topological polar surface area (TPSA) is 16.4 Å². The molecule has 0 fully saturated rings. The van der Waals surface area contributed by atoms with Crippen molar-refractivity contribution in [2.24, 2.45) is 0 Å². The van der Waals surface area contributed by atoms with Crippen molar-refractivity contribution in [3.05, 3.63) is 188 Å². The lowest BCUT2D eigenvalue weighted by Crippen LogP contribution is -2.10. The van der Waals surface area contributed by atoms with Crippen molar-refractivity contribution in [2.45, 2.75) is 0 Å². The first-order valence-electron chi connectivity index (χ1n) is 18.0. The van der Waals surface area contributed by atoms with E-state index in [1.54, 1.807) is 0 Å². The van der Waals surface area contributed by atoms with Gasteiger partial charge >= 0.3 is 0 Å². The highest BCUT2D eigenvalue weighted by Crippen LogP contribution is 2.46. The Balaban J connectivity index is 1.08. The monoisotopic (exact) mass is 693 g/mol. The van der Waals surface area contributed by atoms with E-state index in [1.165, 1.54) is 64.0 Å². The van der Waals surface area contributed by atoms with Gasteiger partial charge in [-0.3, -0.25) is 0 Å². The van der Waals surface area contributed by atoms with Gasteiger partial charge in [0, 0.05) is 36.9 Å². The first kappa shape index (κ1) is 30.0. The summed E-state index contributed by atoms with van der Waals surface area (Å²) >= 11 is 1.87.